The van der Waals surface area contributed by atoms with E-state index in [1.807, 2.05) is 6.92 Å². The van der Waals surface area contributed by atoms with Gasteiger partial charge in [0.25, 0.3) is 5.69 Å². The van der Waals surface area contributed by atoms with Crippen LogP contribution >= 0.6 is 23.2 Å². The summed E-state index contributed by atoms with van der Waals surface area (Å²) in [6, 6.07) is 8.94. The molecule has 2 rings (SSSR count). The standard InChI is InChI=1S/C17H17Cl2N3O4/c1-10(13-5-3-11(18)7-14(13)19)20-9-17(23)21-15-6-4-12(22(24)25)8-16(15)26-2/h3-8,10,20H,9H2,1-2H3,(H,21,23)/t10-/m0/s1. The van der Waals surface area contributed by atoms with E-state index in [4.69, 9.17) is 27.9 Å². The van der Waals surface area contributed by atoms with Gasteiger partial charge in [-0.25, -0.2) is 0 Å². The summed E-state index contributed by atoms with van der Waals surface area (Å²) in [6.45, 7) is 1.88. The summed E-state index contributed by atoms with van der Waals surface area (Å²) in [5, 5.41) is 17.6. The molecule has 0 aromatic heterocycles. The summed E-state index contributed by atoms with van der Waals surface area (Å²) in [7, 11) is 1.37. The van der Waals surface area contributed by atoms with Gasteiger partial charge in [0.1, 0.15) is 5.75 Å². The molecule has 2 N–H and O–H groups in total. The van der Waals surface area contributed by atoms with Crippen LogP contribution in [0.3, 0.4) is 0 Å². The second-order valence-corrected chi connectivity index (χ2v) is 6.30. The maximum Gasteiger partial charge on any atom is 0.273 e. The number of carbonyl (C=O) groups is 1. The van der Waals surface area contributed by atoms with Crippen molar-refractivity contribution in [2.45, 2.75) is 13.0 Å². The summed E-state index contributed by atoms with van der Waals surface area (Å²) < 4.78 is 5.09. The van der Waals surface area contributed by atoms with E-state index in [9.17, 15) is 14.9 Å². The van der Waals surface area contributed by atoms with Gasteiger partial charge in [-0.1, -0.05) is 29.3 Å². The van der Waals surface area contributed by atoms with E-state index in [2.05, 4.69) is 10.6 Å². The van der Waals surface area contributed by atoms with E-state index in [0.29, 0.717) is 15.7 Å². The second-order valence-electron chi connectivity index (χ2n) is 5.46. The Labute approximate surface area is 160 Å². The molecule has 0 saturated carbocycles. The maximum atomic E-state index is 12.2. The smallest absolute Gasteiger partial charge is 0.273 e. The van der Waals surface area contributed by atoms with Gasteiger partial charge < -0.3 is 15.4 Å². The molecule has 26 heavy (non-hydrogen) atoms. The number of carbonyl (C=O) groups excluding carboxylic acids is 1. The minimum atomic E-state index is -0.535. The lowest BCUT2D eigenvalue weighted by Gasteiger charge is -2.16. The predicted molar refractivity (Wildman–Crippen MR) is 101 cm³/mol. The molecule has 0 aliphatic carbocycles. The molecule has 138 valence electrons. The molecule has 2 aromatic rings. The van der Waals surface area contributed by atoms with Gasteiger partial charge >= 0.3 is 0 Å². The van der Waals surface area contributed by atoms with Gasteiger partial charge in [-0.15, -0.1) is 0 Å². The summed E-state index contributed by atoms with van der Waals surface area (Å²) >= 11 is 12.0. The van der Waals surface area contributed by atoms with Crippen LogP contribution in [0.4, 0.5) is 11.4 Å². The molecule has 0 aliphatic rings. The zero-order chi connectivity index (χ0) is 19.3. The molecule has 1 amide bonds. The molecule has 7 nitrogen and oxygen atoms in total. The van der Waals surface area contributed by atoms with Crippen molar-refractivity contribution in [2.75, 3.05) is 19.0 Å². The predicted octanol–water partition coefficient (Wildman–Crippen LogP) is 4.20. The number of nitro groups is 1. The van der Waals surface area contributed by atoms with Gasteiger partial charge in [0.15, 0.2) is 0 Å². The molecule has 1 atom stereocenters. The molecule has 0 spiro atoms. The minimum Gasteiger partial charge on any atom is -0.494 e. The summed E-state index contributed by atoms with van der Waals surface area (Å²) in [5.41, 5.74) is 1.04. The largest absolute Gasteiger partial charge is 0.494 e. The zero-order valence-electron chi connectivity index (χ0n) is 14.1. The molecular formula is C17H17Cl2N3O4. The Balaban J connectivity index is 1.99. The zero-order valence-corrected chi connectivity index (χ0v) is 15.6. The fourth-order valence-electron chi connectivity index (χ4n) is 2.30. The van der Waals surface area contributed by atoms with Gasteiger partial charge in [0.05, 0.1) is 30.3 Å². The number of nitrogens with one attached hydrogen (secondary N) is 2. The van der Waals surface area contributed by atoms with Gasteiger partial charge in [-0.2, -0.15) is 0 Å². The number of hydrogen-bond acceptors (Lipinski definition) is 5. The van der Waals surface area contributed by atoms with Gasteiger partial charge in [0.2, 0.25) is 5.91 Å². The lowest BCUT2D eigenvalue weighted by molar-refractivity contribution is -0.384. The number of nitro benzene ring substituents is 1. The Morgan fingerprint density at radius 1 is 1.27 bits per heavy atom. The topological polar surface area (TPSA) is 93.5 Å². The van der Waals surface area contributed by atoms with Gasteiger partial charge in [-0.05, 0) is 30.7 Å². The quantitative estimate of drug-likeness (QED) is 0.539. The van der Waals surface area contributed by atoms with Gasteiger partial charge in [0, 0.05) is 22.2 Å². The maximum absolute atomic E-state index is 12.2. The number of methoxy groups -OCH3 is 1. The van der Waals surface area contributed by atoms with Crippen LogP contribution in [0.25, 0.3) is 0 Å². The van der Waals surface area contributed by atoms with Crippen molar-refractivity contribution >= 4 is 40.5 Å². The Kier molecular flexibility index (Phi) is 6.79. The van der Waals surface area contributed by atoms with Crippen LogP contribution < -0.4 is 15.4 Å². The Hall–Kier alpha value is -2.35. The fraction of sp³-hybridized carbons (Fsp3) is 0.235. The average Bonchev–Trinajstić information content (AvgIpc) is 2.59. The van der Waals surface area contributed by atoms with Crippen LogP contribution in [0.2, 0.25) is 10.0 Å². The van der Waals surface area contributed by atoms with Crippen molar-refractivity contribution in [2.24, 2.45) is 0 Å². The summed E-state index contributed by atoms with van der Waals surface area (Å²) in [5.74, 6) is -0.115. The first-order valence-corrected chi connectivity index (χ1v) is 8.38. The first-order valence-electron chi connectivity index (χ1n) is 7.62. The highest BCUT2D eigenvalue weighted by molar-refractivity contribution is 6.35. The van der Waals surface area contributed by atoms with Crippen LogP contribution in [-0.4, -0.2) is 24.5 Å². The number of benzene rings is 2. The Bertz CT molecular complexity index is 830. The van der Waals surface area contributed by atoms with Crippen molar-refractivity contribution < 1.29 is 14.5 Å². The number of halogens is 2. The number of non-ortho nitro benzene ring substituents is 1. The molecule has 0 saturated heterocycles. The molecule has 0 unspecified atom stereocenters. The molecule has 0 heterocycles. The highest BCUT2D eigenvalue weighted by Gasteiger charge is 2.15. The Morgan fingerprint density at radius 3 is 2.62 bits per heavy atom. The van der Waals surface area contributed by atoms with E-state index in [1.54, 1.807) is 18.2 Å². The first kappa shape index (κ1) is 20.0. The number of hydrogen-bond donors (Lipinski definition) is 2. The third kappa shape index (κ3) is 5.08. The van der Waals surface area contributed by atoms with E-state index < -0.39 is 4.92 Å². The second kappa shape index (κ2) is 8.84. The van der Waals surface area contributed by atoms with Crippen molar-refractivity contribution in [3.8, 4) is 5.75 Å². The lowest BCUT2D eigenvalue weighted by Crippen LogP contribution is -2.30. The molecule has 9 heteroatoms. The normalized spacial score (nSPS) is 11.7. The highest BCUT2D eigenvalue weighted by atomic mass is 35.5. The van der Waals surface area contributed by atoms with Crippen LogP contribution in [0, 0.1) is 10.1 Å². The summed E-state index contributed by atoms with van der Waals surface area (Å²) in [4.78, 5) is 22.4. The monoisotopic (exact) mass is 397 g/mol. The third-order valence-electron chi connectivity index (χ3n) is 3.67. The number of nitrogens with zero attached hydrogens (tertiary/aromatic N) is 1. The van der Waals surface area contributed by atoms with E-state index in [1.165, 1.54) is 25.3 Å². The van der Waals surface area contributed by atoms with Gasteiger partial charge in [-0.3, -0.25) is 14.9 Å². The van der Waals surface area contributed by atoms with Crippen molar-refractivity contribution in [3.05, 3.63) is 62.1 Å². The van der Waals surface area contributed by atoms with Crippen LogP contribution in [0.1, 0.15) is 18.5 Å². The molecule has 0 aliphatic heterocycles. The highest BCUT2D eigenvalue weighted by Crippen LogP contribution is 2.29. The van der Waals surface area contributed by atoms with Crippen molar-refractivity contribution in [1.29, 1.82) is 0 Å². The molecule has 2 aromatic carbocycles. The summed E-state index contributed by atoms with van der Waals surface area (Å²) in [6.07, 6.45) is 0. The number of rotatable bonds is 7. The van der Waals surface area contributed by atoms with E-state index in [-0.39, 0.29) is 29.9 Å². The minimum absolute atomic E-state index is 0.0142. The number of anilines is 1. The fourth-order valence-corrected chi connectivity index (χ4v) is 2.87. The number of ether oxygens (including phenoxy) is 1. The molecular weight excluding hydrogens is 381 g/mol. The average molecular weight is 398 g/mol. The van der Waals surface area contributed by atoms with E-state index in [0.717, 1.165) is 5.56 Å². The molecule has 0 radical (unpaired) electrons. The number of amides is 1. The van der Waals surface area contributed by atoms with E-state index >= 15 is 0 Å². The Morgan fingerprint density at radius 2 is 2.00 bits per heavy atom. The lowest BCUT2D eigenvalue weighted by atomic mass is 10.1. The van der Waals surface area contributed by atoms with Crippen LogP contribution in [0.15, 0.2) is 36.4 Å². The third-order valence-corrected chi connectivity index (χ3v) is 4.23. The SMILES string of the molecule is COc1cc([N+](=O)[O-])ccc1NC(=O)CN[C@@H](C)c1ccc(Cl)cc1Cl. The first-order chi connectivity index (χ1) is 12.3. The molecule has 0 fully saturated rings. The van der Waals surface area contributed by atoms with Crippen molar-refractivity contribution in [3.63, 3.8) is 0 Å². The molecule has 0 bridgehead atoms. The van der Waals surface area contributed by atoms with Crippen LogP contribution in [-0.2, 0) is 4.79 Å². The van der Waals surface area contributed by atoms with Crippen LogP contribution in [0.5, 0.6) is 5.75 Å². The van der Waals surface area contributed by atoms with Crippen molar-refractivity contribution in [1.82, 2.24) is 5.32 Å².